The minimum Gasteiger partial charge on any atom is -0.496 e. The van der Waals surface area contributed by atoms with Gasteiger partial charge in [-0.1, -0.05) is 0 Å². The van der Waals surface area contributed by atoms with E-state index in [1.807, 2.05) is 0 Å². The lowest BCUT2D eigenvalue weighted by Gasteiger charge is -2.19. The molecule has 0 radical (unpaired) electrons. The van der Waals surface area contributed by atoms with Crippen LogP contribution in [0.5, 0.6) is 5.75 Å². The normalized spacial score (nSPS) is 12.2. The van der Waals surface area contributed by atoms with E-state index in [0.717, 1.165) is 7.11 Å². The standard InChI is InChI=1S/C12H10F6O3/c1-3-21-10(19)6-4-7(11(13,14)15)9(12(16,17)18)8(5-6)20-2/h4-5H,3H2,1-2H3. The maximum Gasteiger partial charge on any atom is 0.420 e. The van der Waals surface area contributed by atoms with Crippen molar-refractivity contribution in [2.24, 2.45) is 0 Å². The van der Waals surface area contributed by atoms with Gasteiger partial charge >= 0.3 is 18.3 Å². The number of halogens is 6. The van der Waals surface area contributed by atoms with Crippen LogP contribution in [0.25, 0.3) is 0 Å². The van der Waals surface area contributed by atoms with E-state index in [1.54, 1.807) is 0 Å². The van der Waals surface area contributed by atoms with Gasteiger partial charge < -0.3 is 9.47 Å². The number of alkyl halides is 6. The third kappa shape index (κ3) is 3.79. The monoisotopic (exact) mass is 316 g/mol. The van der Waals surface area contributed by atoms with Gasteiger partial charge in [-0.2, -0.15) is 26.3 Å². The summed E-state index contributed by atoms with van der Waals surface area (Å²) in [5, 5.41) is 0. The van der Waals surface area contributed by atoms with E-state index in [2.05, 4.69) is 9.47 Å². The summed E-state index contributed by atoms with van der Waals surface area (Å²) in [6.07, 6.45) is -10.6. The van der Waals surface area contributed by atoms with E-state index in [-0.39, 0.29) is 12.7 Å². The maximum absolute atomic E-state index is 12.8. The summed E-state index contributed by atoms with van der Waals surface area (Å²) in [7, 11) is 0.777. The molecule has 0 saturated heterocycles. The van der Waals surface area contributed by atoms with Crippen molar-refractivity contribution in [2.45, 2.75) is 19.3 Å². The molecule has 3 nitrogen and oxygen atoms in total. The smallest absolute Gasteiger partial charge is 0.420 e. The SMILES string of the molecule is CCOC(=O)c1cc(OC)c(C(F)(F)F)c(C(F)(F)F)c1. The largest absolute Gasteiger partial charge is 0.496 e. The molecule has 1 rings (SSSR count). The molecule has 0 atom stereocenters. The summed E-state index contributed by atoms with van der Waals surface area (Å²) in [5.41, 5.74) is -4.66. The van der Waals surface area contributed by atoms with E-state index in [4.69, 9.17) is 0 Å². The molecule has 0 aromatic heterocycles. The highest BCUT2D eigenvalue weighted by atomic mass is 19.4. The number of hydrogen-bond donors (Lipinski definition) is 0. The lowest BCUT2D eigenvalue weighted by Crippen LogP contribution is -2.19. The highest BCUT2D eigenvalue weighted by Gasteiger charge is 2.46. The molecule has 1 aromatic rings. The predicted molar refractivity (Wildman–Crippen MR) is 59.0 cm³/mol. The van der Waals surface area contributed by atoms with Crippen molar-refractivity contribution in [2.75, 3.05) is 13.7 Å². The first kappa shape index (κ1) is 17.1. The third-order valence-corrected chi connectivity index (χ3v) is 2.42. The van der Waals surface area contributed by atoms with Crippen LogP contribution in [0.1, 0.15) is 28.4 Å². The van der Waals surface area contributed by atoms with Crippen LogP contribution in [-0.2, 0) is 17.1 Å². The minimum absolute atomic E-state index is 0.101. The van der Waals surface area contributed by atoms with Crippen LogP contribution in [0.15, 0.2) is 12.1 Å². The maximum atomic E-state index is 12.8. The highest BCUT2D eigenvalue weighted by Crippen LogP contribution is 2.45. The Morgan fingerprint density at radius 3 is 2.05 bits per heavy atom. The first-order valence-corrected chi connectivity index (χ1v) is 5.55. The second-order valence-electron chi connectivity index (χ2n) is 3.82. The van der Waals surface area contributed by atoms with Crippen molar-refractivity contribution in [1.82, 2.24) is 0 Å². The first-order chi connectivity index (χ1) is 9.52. The second kappa shape index (κ2) is 5.82. The molecular weight excluding hydrogens is 306 g/mol. The van der Waals surface area contributed by atoms with Gasteiger partial charge in [0.2, 0.25) is 0 Å². The molecule has 9 heteroatoms. The van der Waals surface area contributed by atoms with Crippen molar-refractivity contribution in [3.8, 4) is 5.75 Å². The molecule has 118 valence electrons. The van der Waals surface area contributed by atoms with Crippen molar-refractivity contribution in [1.29, 1.82) is 0 Å². The quantitative estimate of drug-likeness (QED) is 0.626. The summed E-state index contributed by atoms with van der Waals surface area (Å²) in [4.78, 5) is 11.4. The van der Waals surface area contributed by atoms with Crippen molar-refractivity contribution < 1.29 is 40.6 Å². The van der Waals surface area contributed by atoms with Crippen LogP contribution in [0, 0.1) is 0 Å². The first-order valence-electron chi connectivity index (χ1n) is 5.55. The number of carbonyl (C=O) groups excluding carboxylic acids is 1. The Labute approximate surface area is 115 Å². The molecule has 21 heavy (non-hydrogen) atoms. The van der Waals surface area contributed by atoms with Gasteiger partial charge in [0.1, 0.15) is 11.3 Å². The molecule has 1 aromatic carbocycles. The van der Waals surface area contributed by atoms with Gasteiger partial charge in [-0.15, -0.1) is 0 Å². The lowest BCUT2D eigenvalue weighted by atomic mass is 10.0. The molecule has 0 aliphatic rings. The fourth-order valence-corrected chi connectivity index (χ4v) is 1.62. The van der Waals surface area contributed by atoms with Gasteiger partial charge in [0, 0.05) is 0 Å². The number of benzene rings is 1. The third-order valence-electron chi connectivity index (χ3n) is 2.42. The Kier molecular flexibility index (Phi) is 4.75. The summed E-state index contributed by atoms with van der Waals surface area (Å²) < 4.78 is 85.7. The number of ether oxygens (including phenoxy) is 2. The molecule has 0 N–H and O–H groups in total. The highest BCUT2D eigenvalue weighted by molar-refractivity contribution is 5.90. The summed E-state index contributed by atoms with van der Waals surface area (Å²) in [5.74, 6) is -2.27. The molecule has 0 fully saturated rings. The molecule has 0 unspecified atom stereocenters. The number of esters is 1. The minimum atomic E-state index is -5.30. The van der Waals surface area contributed by atoms with Crippen LogP contribution in [-0.4, -0.2) is 19.7 Å². The van der Waals surface area contributed by atoms with Gasteiger partial charge in [0.05, 0.1) is 24.8 Å². The molecule has 0 aliphatic heterocycles. The summed E-state index contributed by atoms with van der Waals surface area (Å²) in [6, 6.07) is 0.666. The molecule has 0 bridgehead atoms. The number of carbonyl (C=O) groups is 1. The number of rotatable bonds is 3. The van der Waals surface area contributed by atoms with Crippen LogP contribution >= 0.6 is 0 Å². The molecule has 0 spiro atoms. The van der Waals surface area contributed by atoms with Crippen molar-refractivity contribution in [3.63, 3.8) is 0 Å². The van der Waals surface area contributed by atoms with E-state index in [0.29, 0.717) is 6.07 Å². The van der Waals surface area contributed by atoms with Gasteiger partial charge in [0.15, 0.2) is 0 Å². The number of methoxy groups -OCH3 is 1. The Balaban J connectivity index is 3.63. The van der Waals surface area contributed by atoms with Crippen molar-refractivity contribution >= 4 is 5.97 Å². The average Bonchev–Trinajstić information content (AvgIpc) is 2.35. The number of hydrogen-bond acceptors (Lipinski definition) is 3. The second-order valence-corrected chi connectivity index (χ2v) is 3.82. The van der Waals surface area contributed by atoms with Crippen LogP contribution < -0.4 is 4.74 Å². The Morgan fingerprint density at radius 1 is 1.10 bits per heavy atom. The summed E-state index contributed by atoms with van der Waals surface area (Å²) >= 11 is 0. The van der Waals surface area contributed by atoms with Crippen molar-refractivity contribution in [3.05, 3.63) is 28.8 Å². The van der Waals surface area contributed by atoms with Gasteiger partial charge in [-0.05, 0) is 19.1 Å². The zero-order valence-corrected chi connectivity index (χ0v) is 10.9. The molecule has 0 amide bonds. The fraction of sp³-hybridized carbons (Fsp3) is 0.417. The van der Waals surface area contributed by atoms with Gasteiger partial charge in [-0.25, -0.2) is 4.79 Å². The zero-order chi connectivity index (χ0) is 16.4. The van der Waals surface area contributed by atoms with Crippen LogP contribution in [0.3, 0.4) is 0 Å². The molecular formula is C12H10F6O3. The molecule has 0 saturated carbocycles. The van der Waals surface area contributed by atoms with E-state index in [9.17, 15) is 31.1 Å². The van der Waals surface area contributed by atoms with Gasteiger partial charge in [0.25, 0.3) is 0 Å². The van der Waals surface area contributed by atoms with Crippen LogP contribution in [0.2, 0.25) is 0 Å². The average molecular weight is 316 g/mol. The molecule has 0 aliphatic carbocycles. The lowest BCUT2D eigenvalue weighted by molar-refractivity contribution is -0.163. The predicted octanol–water partition coefficient (Wildman–Crippen LogP) is 3.91. The zero-order valence-electron chi connectivity index (χ0n) is 10.9. The van der Waals surface area contributed by atoms with Gasteiger partial charge in [-0.3, -0.25) is 0 Å². The fourth-order valence-electron chi connectivity index (χ4n) is 1.62. The topological polar surface area (TPSA) is 35.5 Å². The molecule has 0 heterocycles. The van der Waals surface area contributed by atoms with E-state index >= 15 is 0 Å². The van der Waals surface area contributed by atoms with Crippen LogP contribution in [0.4, 0.5) is 26.3 Å². The Bertz CT molecular complexity index is 533. The Hall–Kier alpha value is -1.93. The summed E-state index contributed by atoms with van der Waals surface area (Å²) in [6.45, 7) is 1.27. The van der Waals surface area contributed by atoms with E-state index in [1.165, 1.54) is 6.92 Å². The Morgan fingerprint density at radius 2 is 1.67 bits per heavy atom. The van der Waals surface area contributed by atoms with E-state index < -0.39 is 40.8 Å².